The van der Waals surface area contributed by atoms with Crippen molar-refractivity contribution in [3.8, 4) is 11.5 Å². The molecule has 0 saturated heterocycles. The van der Waals surface area contributed by atoms with Gasteiger partial charge < -0.3 is 9.64 Å². The number of aliphatic imine (C=N–C) groups is 1. The van der Waals surface area contributed by atoms with Crippen LogP contribution >= 0.6 is 0 Å². The Hall–Kier alpha value is -6.88. The molecule has 2 aliphatic heterocycles. The maximum Gasteiger partial charge on any atom is 0.416 e. The van der Waals surface area contributed by atoms with Crippen molar-refractivity contribution >= 4 is 28.7 Å². The van der Waals surface area contributed by atoms with Gasteiger partial charge in [-0.05, 0) is 124 Å². The Kier molecular flexibility index (Phi) is 12.3. The number of ether oxygens (including phenoxy) is 1. The molecule has 0 radical (unpaired) electrons. The molecule has 0 bridgehead atoms. The molecule has 7 aromatic rings. The van der Waals surface area contributed by atoms with Gasteiger partial charge in [0.1, 0.15) is 23.2 Å². The van der Waals surface area contributed by atoms with E-state index in [1.165, 1.54) is 16.0 Å². The van der Waals surface area contributed by atoms with Gasteiger partial charge in [0.15, 0.2) is 0 Å². The minimum Gasteiger partial charge on any atom is -0.457 e. The highest BCUT2D eigenvalue weighted by Crippen LogP contribution is 2.53. The van der Waals surface area contributed by atoms with Crippen LogP contribution in [0.2, 0.25) is 0 Å². The molecule has 0 spiro atoms. The van der Waals surface area contributed by atoms with Crippen LogP contribution in [0.3, 0.4) is 0 Å². The van der Waals surface area contributed by atoms with Crippen LogP contribution in [0.5, 0.6) is 11.5 Å². The molecule has 2 aliphatic rings. The van der Waals surface area contributed by atoms with E-state index in [0.29, 0.717) is 17.1 Å². The average molecular weight is 965 g/mol. The van der Waals surface area contributed by atoms with Gasteiger partial charge in [0, 0.05) is 47.0 Å². The Morgan fingerprint density at radius 2 is 1.17 bits per heavy atom. The number of rotatable bonds is 8. The molecular formula is C60H58F6N4O. The Morgan fingerprint density at radius 3 is 1.75 bits per heavy atom. The van der Waals surface area contributed by atoms with Crippen molar-refractivity contribution in [3.63, 3.8) is 0 Å². The summed E-state index contributed by atoms with van der Waals surface area (Å²) in [5, 5.41) is 0. The lowest BCUT2D eigenvalue weighted by molar-refractivity contribution is -0.143. The van der Waals surface area contributed by atoms with E-state index in [0.717, 1.165) is 62.7 Å². The molecule has 0 N–H and O–H groups in total. The molecule has 0 amide bonds. The van der Waals surface area contributed by atoms with Crippen molar-refractivity contribution in [2.24, 2.45) is 4.99 Å². The van der Waals surface area contributed by atoms with Crippen LogP contribution in [0, 0.1) is 13.8 Å². The molecule has 3 heterocycles. The van der Waals surface area contributed by atoms with Gasteiger partial charge in [-0.2, -0.15) is 26.3 Å². The summed E-state index contributed by atoms with van der Waals surface area (Å²) in [5.41, 5.74) is 6.37. The molecule has 0 unspecified atom stereocenters. The lowest BCUT2D eigenvalue weighted by atomic mass is 9.72. The molecule has 1 aromatic heterocycles. The van der Waals surface area contributed by atoms with Crippen molar-refractivity contribution in [3.05, 3.63) is 207 Å². The van der Waals surface area contributed by atoms with Crippen molar-refractivity contribution in [1.29, 1.82) is 0 Å². The lowest BCUT2D eigenvalue weighted by Gasteiger charge is -2.42. The number of alkyl halides is 6. The van der Waals surface area contributed by atoms with Gasteiger partial charge in [-0.15, -0.1) is 0 Å². The quantitative estimate of drug-likeness (QED) is 0.142. The summed E-state index contributed by atoms with van der Waals surface area (Å²) in [6, 6.07) is 40.9. The molecule has 366 valence electrons. The number of hydrogen-bond donors (Lipinski definition) is 0. The number of halogens is 6. The fraction of sp³-hybridized carbons (Fsp3) is 0.300. The Morgan fingerprint density at radius 1 is 0.577 bits per heavy atom. The Labute approximate surface area is 412 Å². The van der Waals surface area contributed by atoms with E-state index in [-0.39, 0.29) is 35.0 Å². The summed E-state index contributed by atoms with van der Waals surface area (Å²) < 4.78 is 94.0. The first-order valence-electron chi connectivity index (χ1n) is 23.9. The number of aromatic nitrogens is 1. The minimum absolute atomic E-state index is 0.0139. The van der Waals surface area contributed by atoms with E-state index in [2.05, 4.69) is 69.9 Å². The average Bonchev–Trinajstić information content (AvgIpc) is 3.73. The molecule has 0 saturated carbocycles. The molecule has 1 atom stereocenters. The largest absolute Gasteiger partial charge is 0.457 e. The summed E-state index contributed by atoms with van der Waals surface area (Å²) in [4.78, 5) is 14.0. The first kappa shape index (κ1) is 49.1. The first-order chi connectivity index (χ1) is 33.3. The maximum atomic E-state index is 14.5. The molecular weight excluding hydrogens is 907 g/mol. The third-order valence-electron chi connectivity index (χ3n) is 13.7. The van der Waals surface area contributed by atoms with Crippen LogP contribution in [-0.2, 0) is 28.6 Å². The van der Waals surface area contributed by atoms with Gasteiger partial charge in [-0.25, -0.2) is 4.98 Å². The van der Waals surface area contributed by atoms with E-state index in [1.54, 1.807) is 6.07 Å². The van der Waals surface area contributed by atoms with Gasteiger partial charge in [-0.3, -0.25) is 9.89 Å². The predicted octanol–water partition coefficient (Wildman–Crippen LogP) is 16.7. The topological polar surface area (TPSA) is 41.0 Å². The zero-order valence-corrected chi connectivity index (χ0v) is 41.7. The number of aryl methyl sites for hydroxylation is 2. The van der Waals surface area contributed by atoms with Crippen molar-refractivity contribution in [1.82, 2.24) is 4.98 Å². The lowest BCUT2D eigenvalue weighted by Crippen LogP contribution is -2.32. The van der Waals surface area contributed by atoms with Crippen molar-refractivity contribution in [2.75, 3.05) is 16.3 Å². The number of anilines is 4. The third kappa shape index (κ3) is 9.80. The minimum atomic E-state index is -5.05. The zero-order chi connectivity index (χ0) is 51.0. The molecule has 9 rings (SSSR count). The second kappa shape index (κ2) is 17.8. The smallest absolute Gasteiger partial charge is 0.416 e. The van der Waals surface area contributed by atoms with Gasteiger partial charge in [0.2, 0.25) is 0 Å². The predicted molar refractivity (Wildman–Crippen MR) is 273 cm³/mol. The number of pyridine rings is 1. The highest BCUT2D eigenvalue weighted by molar-refractivity contribution is 6.12. The fourth-order valence-electron chi connectivity index (χ4n) is 9.92. The summed E-state index contributed by atoms with van der Waals surface area (Å²) in [7, 11) is 0. The monoisotopic (exact) mass is 964 g/mol. The van der Waals surface area contributed by atoms with Gasteiger partial charge in [0.25, 0.3) is 0 Å². The van der Waals surface area contributed by atoms with Crippen LogP contribution in [0.15, 0.2) is 151 Å². The first-order valence-corrected chi connectivity index (χ1v) is 23.9. The second-order valence-electron chi connectivity index (χ2n) is 21.6. The third-order valence-corrected chi connectivity index (χ3v) is 13.7. The summed E-state index contributed by atoms with van der Waals surface area (Å²) in [6.45, 7) is 21.3. The number of benzene rings is 6. The molecule has 0 aliphatic carbocycles. The standard InChI is InChI=1S/C60H58F6N4O/c1-36-23-46(70-52-22-21-41(56(3,4)5)32-49(52)58(9,10)50-25-37(2)34-67-55(50)70)33-47(24-36)71-48-27-40(26-42(31-48)57(6,7)8)54-68-51(53(38-17-13-11-14-18-38)39-19-15-12-16-20-39)35-69(54)45-29-43(59(61,62)63)28-44(30-45)60(64,65)66/h11-34,51,53H,35H2,1-10H3/t51-/m0/s1. The van der Waals surface area contributed by atoms with Crippen LogP contribution in [-0.4, -0.2) is 23.4 Å². The van der Waals surface area contributed by atoms with Crippen molar-refractivity contribution in [2.45, 2.75) is 110 Å². The Balaban J connectivity index is 1.20. The van der Waals surface area contributed by atoms with E-state index in [9.17, 15) is 26.3 Å². The van der Waals surface area contributed by atoms with E-state index < -0.39 is 40.9 Å². The van der Waals surface area contributed by atoms with Crippen LogP contribution in [0.4, 0.5) is 49.2 Å². The number of nitrogens with zero attached hydrogens (tertiary/aromatic N) is 4. The molecule has 71 heavy (non-hydrogen) atoms. The molecule has 6 aromatic carbocycles. The highest BCUT2D eigenvalue weighted by atomic mass is 19.4. The van der Waals surface area contributed by atoms with Crippen molar-refractivity contribution < 1.29 is 31.1 Å². The summed E-state index contributed by atoms with van der Waals surface area (Å²) in [6.07, 6.45) is -8.22. The highest BCUT2D eigenvalue weighted by Gasteiger charge is 2.42. The number of hydrogen-bond acceptors (Lipinski definition) is 5. The van der Waals surface area contributed by atoms with Gasteiger partial charge in [-0.1, -0.05) is 128 Å². The molecule has 5 nitrogen and oxygen atoms in total. The molecule has 0 fully saturated rings. The van der Waals surface area contributed by atoms with E-state index in [4.69, 9.17) is 14.7 Å². The van der Waals surface area contributed by atoms with E-state index >= 15 is 0 Å². The SMILES string of the molecule is Cc1cc(Oc2cc(C3=N[C@H](C(c4ccccc4)c4ccccc4)CN3c3cc(C(F)(F)F)cc(C(F)(F)F)c3)cc(C(C)(C)C)c2)cc(N2c3ccc(C(C)(C)C)cc3C(C)(C)c3cc(C)cnc32)c1. The zero-order valence-electron chi connectivity index (χ0n) is 41.7. The summed E-state index contributed by atoms with van der Waals surface area (Å²) in [5.74, 6) is 1.58. The van der Waals surface area contributed by atoms with Crippen LogP contribution < -0.4 is 14.5 Å². The van der Waals surface area contributed by atoms with Crippen LogP contribution in [0.25, 0.3) is 0 Å². The maximum absolute atomic E-state index is 14.5. The van der Waals surface area contributed by atoms with Crippen LogP contribution in [0.1, 0.15) is 123 Å². The molecule has 11 heteroatoms. The Bertz CT molecular complexity index is 3090. The van der Waals surface area contributed by atoms with E-state index in [1.807, 2.05) is 126 Å². The number of amidine groups is 1. The fourth-order valence-corrected chi connectivity index (χ4v) is 9.92. The normalized spacial score (nSPS) is 16.0. The summed E-state index contributed by atoms with van der Waals surface area (Å²) >= 11 is 0. The van der Waals surface area contributed by atoms with Gasteiger partial charge >= 0.3 is 12.4 Å². The van der Waals surface area contributed by atoms with Gasteiger partial charge in [0.05, 0.1) is 28.5 Å². The number of fused-ring (bicyclic) bond motifs is 2. The second-order valence-corrected chi connectivity index (χ2v) is 21.6.